The summed E-state index contributed by atoms with van der Waals surface area (Å²) in [7, 11) is 1.43. The second-order valence-electron chi connectivity index (χ2n) is 5.97. The molecule has 0 saturated carbocycles. The van der Waals surface area contributed by atoms with Gasteiger partial charge in [-0.2, -0.15) is 13.2 Å². The Labute approximate surface area is 153 Å². The standard InChI is InChI=1S/C17H18F3NO6/c1-16(2)26-14(22)13(15(23)27-16)9-21-11-6-10(17(18,19)20)7-12(8-11)25-5-4-24-3/h6-9,21H,4-5H2,1-3H3. The van der Waals surface area contributed by atoms with Gasteiger partial charge in [0.05, 0.1) is 12.2 Å². The highest BCUT2D eigenvalue weighted by molar-refractivity contribution is 6.15. The van der Waals surface area contributed by atoms with Gasteiger partial charge in [-0.25, -0.2) is 9.59 Å². The second-order valence-corrected chi connectivity index (χ2v) is 5.97. The van der Waals surface area contributed by atoms with E-state index in [9.17, 15) is 22.8 Å². The van der Waals surface area contributed by atoms with Crippen LogP contribution in [-0.2, 0) is 30.0 Å². The van der Waals surface area contributed by atoms with Gasteiger partial charge in [-0.15, -0.1) is 0 Å². The fraction of sp³-hybridized carbons (Fsp3) is 0.412. The zero-order chi connectivity index (χ0) is 20.2. The number of hydrogen-bond acceptors (Lipinski definition) is 7. The lowest BCUT2D eigenvalue weighted by molar-refractivity contribution is -0.222. The van der Waals surface area contributed by atoms with Crippen molar-refractivity contribution in [1.82, 2.24) is 0 Å². The van der Waals surface area contributed by atoms with Gasteiger partial charge in [0.25, 0.3) is 5.79 Å². The number of rotatable bonds is 6. The molecule has 7 nitrogen and oxygen atoms in total. The average molecular weight is 389 g/mol. The zero-order valence-electron chi connectivity index (χ0n) is 14.8. The molecule has 1 saturated heterocycles. The maximum Gasteiger partial charge on any atom is 0.416 e. The molecule has 1 aromatic carbocycles. The molecule has 0 amide bonds. The molecule has 0 spiro atoms. The van der Waals surface area contributed by atoms with E-state index in [0.717, 1.165) is 18.3 Å². The fourth-order valence-corrected chi connectivity index (χ4v) is 2.11. The maximum absolute atomic E-state index is 13.1. The number of benzene rings is 1. The maximum atomic E-state index is 13.1. The van der Waals surface area contributed by atoms with Crippen LogP contribution in [0.1, 0.15) is 19.4 Å². The van der Waals surface area contributed by atoms with Crippen LogP contribution in [0.2, 0.25) is 0 Å². The van der Waals surface area contributed by atoms with Crippen molar-refractivity contribution in [1.29, 1.82) is 0 Å². The number of esters is 2. The molecule has 0 aromatic heterocycles. The van der Waals surface area contributed by atoms with E-state index in [0.29, 0.717) is 0 Å². The molecule has 1 N–H and O–H groups in total. The van der Waals surface area contributed by atoms with Crippen LogP contribution in [0.15, 0.2) is 30.0 Å². The van der Waals surface area contributed by atoms with Crippen LogP contribution < -0.4 is 10.1 Å². The Bertz CT molecular complexity index is 736. The lowest BCUT2D eigenvalue weighted by atomic mass is 10.1. The number of hydrogen-bond donors (Lipinski definition) is 1. The highest BCUT2D eigenvalue weighted by Gasteiger charge is 2.39. The van der Waals surface area contributed by atoms with Gasteiger partial charge >= 0.3 is 18.1 Å². The predicted molar refractivity (Wildman–Crippen MR) is 86.8 cm³/mol. The summed E-state index contributed by atoms with van der Waals surface area (Å²) in [6.45, 7) is 3.00. The molecule has 10 heteroatoms. The van der Waals surface area contributed by atoms with Crippen LogP contribution in [-0.4, -0.2) is 38.0 Å². The van der Waals surface area contributed by atoms with Crippen molar-refractivity contribution in [3.8, 4) is 5.75 Å². The first-order chi connectivity index (χ1) is 12.5. The van der Waals surface area contributed by atoms with E-state index in [4.69, 9.17) is 18.9 Å². The summed E-state index contributed by atoms with van der Waals surface area (Å²) in [6, 6.07) is 2.93. The van der Waals surface area contributed by atoms with Gasteiger partial charge in [-0.05, 0) is 12.1 Å². The van der Waals surface area contributed by atoms with Gasteiger partial charge in [0.15, 0.2) is 5.57 Å². The van der Waals surface area contributed by atoms with Gasteiger partial charge in [-0.3, -0.25) is 0 Å². The SMILES string of the molecule is COCCOc1cc(NC=C2C(=O)OC(C)(C)OC2=O)cc(C(F)(F)F)c1. The fourth-order valence-electron chi connectivity index (χ4n) is 2.11. The monoisotopic (exact) mass is 389 g/mol. The molecular formula is C17H18F3NO6. The Balaban J connectivity index is 2.25. The minimum absolute atomic E-state index is 0.0461. The predicted octanol–water partition coefficient (Wildman–Crippen LogP) is 2.86. The van der Waals surface area contributed by atoms with Crippen molar-refractivity contribution >= 4 is 17.6 Å². The number of carbonyl (C=O) groups is 2. The first kappa shape index (κ1) is 20.6. The van der Waals surface area contributed by atoms with E-state index < -0.39 is 35.0 Å². The third-order valence-electron chi connectivity index (χ3n) is 3.29. The lowest BCUT2D eigenvalue weighted by Crippen LogP contribution is -2.42. The Morgan fingerprint density at radius 1 is 1.11 bits per heavy atom. The highest BCUT2D eigenvalue weighted by atomic mass is 19.4. The molecule has 0 atom stereocenters. The van der Waals surface area contributed by atoms with Crippen molar-refractivity contribution in [2.45, 2.75) is 25.8 Å². The summed E-state index contributed by atoms with van der Waals surface area (Å²) in [4.78, 5) is 23.7. The largest absolute Gasteiger partial charge is 0.491 e. The Kier molecular flexibility index (Phi) is 5.99. The molecule has 1 aliphatic rings. The average Bonchev–Trinajstić information content (AvgIpc) is 2.52. The number of ether oxygens (including phenoxy) is 4. The van der Waals surface area contributed by atoms with Gasteiger partial charge in [0.2, 0.25) is 0 Å². The van der Waals surface area contributed by atoms with E-state index in [-0.39, 0.29) is 24.7 Å². The van der Waals surface area contributed by atoms with Crippen LogP contribution >= 0.6 is 0 Å². The number of carbonyl (C=O) groups excluding carboxylic acids is 2. The molecule has 1 aliphatic heterocycles. The van der Waals surface area contributed by atoms with Crippen LogP contribution in [0.25, 0.3) is 0 Å². The van der Waals surface area contributed by atoms with Gasteiger partial charge in [-0.1, -0.05) is 0 Å². The molecule has 1 fully saturated rings. The molecule has 1 aromatic rings. The molecule has 0 bridgehead atoms. The molecule has 0 unspecified atom stereocenters. The summed E-state index contributed by atoms with van der Waals surface area (Å²) >= 11 is 0. The van der Waals surface area contributed by atoms with Crippen LogP contribution in [0.5, 0.6) is 5.75 Å². The number of halogens is 3. The van der Waals surface area contributed by atoms with Crippen LogP contribution in [0, 0.1) is 0 Å². The van der Waals surface area contributed by atoms with E-state index in [1.54, 1.807) is 0 Å². The number of alkyl halides is 3. The van der Waals surface area contributed by atoms with Crippen LogP contribution in [0.4, 0.5) is 18.9 Å². The summed E-state index contributed by atoms with van der Waals surface area (Å²) in [5, 5.41) is 2.47. The van der Waals surface area contributed by atoms with Gasteiger partial charge in [0, 0.05) is 38.9 Å². The quantitative estimate of drug-likeness (QED) is 0.347. The lowest BCUT2D eigenvalue weighted by Gasteiger charge is -2.29. The van der Waals surface area contributed by atoms with E-state index in [1.165, 1.54) is 27.0 Å². The van der Waals surface area contributed by atoms with Crippen molar-refractivity contribution < 1.29 is 41.7 Å². The molecule has 27 heavy (non-hydrogen) atoms. The summed E-state index contributed by atoms with van der Waals surface area (Å²) < 4.78 is 59.0. The highest BCUT2D eigenvalue weighted by Crippen LogP contribution is 2.34. The van der Waals surface area contributed by atoms with Gasteiger partial charge in [0.1, 0.15) is 12.4 Å². The minimum Gasteiger partial charge on any atom is -0.491 e. The van der Waals surface area contributed by atoms with Crippen molar-refractivity contribution in [2.75, 3.05) is 25.6 Å². The normalized spacial score (nSPS) is 16.4. The molecule has 148 valence electrons. The molecule has 0 radical (unpaired) electrons. The number of methoxy groups -OCH3 is 1. The van der Waals surface area contributed by atoms with Crippen molar-refractivity contribution in [3.05, 3.63) is 35.5 Å². The first-order valence-electron chi connectivity index (χ1n) is 7.79. The van der Waals surface area contributed by atoms with E-state index in [1.807, 2.05) is 0 Å². The van der Waals surface area contributed by atoms with Crippen molar-refractivity contribution in [3.63, 3.8) is 0 Å². The molecular weight excluding hydrogens is 371 g/mol. The first-order valence-corrected chi connectivity index (χ1v) is 7.79. The van der Waals surface area contributed by atoms with Crippen LogP contribution in [0.3, 0.4) is 0 Å². The molecule has 0 aliphatic carbocycles. The molecule has 1 heterocycles. The summed E-state index contributed by atoms with van der Waals surface area (Å²) in [5.41, 5.74) is -1.49. The Morgan fingerprint density at radius 3 is 2.30 bits per heavy atom. The van der Waals surface area contributed by atoms with E-state index in [2.05, 4.69) is 5.32 Å². The number of cyclic esters (lactones) is 2. The topological polar surface area (TPSA) is 83.1 Å². The second kappa shape index (κ2) is 7.87. The number of nitrogens with one attached hydrogen (secondary N) is 1. The Hall–Kier alpha value is -2.75. The molecule has 2 rings (SSSR count). The Morgan fingerprint density at radius 2 is 1.74 bits per heavy atom. The smallest absolute Gasteiger partial charge is 0.416 e. The third kappa shape index (κ3) is 5.61. The van der Waals surface area contributed by atoms with Crippen molar-refractivity contribution in [2.24, 2.45) is 0 Å². The number of anilines is 1. The zero-order valence-corrected chi connectivity index (χ0v) is 14.8. The van der Waals surface area contributed by atoms with Gasteiger partial charge < -0.3 is 24.3 Å². The minimum atomic E-state index is -4.61. The summed E-state index contributed by atoms with van der Waals surface area (Å²) in [5.74, 6) is -3.37. The third-order valence-corrected chi connectivity index (χ3v) is 3.29. The van der Waals surface area contributed by atoms with E-state index >= 15 is 0 Å². The summed E-state index contributed by atoms with van der Waals surface area (Å²) in [6.07, 6.45) is -3.69.